The number of urea groups is 1. The maximum Gasteiger partial charge on any atom is 0.416 e. The number of halogens is 3. The number of hydrogen-bond donors (Lipinski definition) is 2. The fourth-order valence-electron chi connectivity index (χ4n) is 5.05. The monoisotopic (exact) mass is 501 g/mol. The Kier molecular flexibility index (Phi) is 5.94. The molecule has 3 aliphatic rings. The summed E-state index contributed by atoms with van der Waals surface area (Å²) < 4.78 is 45.8. The fraction of sp³-hybridized carbons (Fsp3) is 0.385. The minimum absolute atomic E-state index is 0.134. The molecule has 2 aromatic rings. The lowest BCUT2D eigenvalue weighted by Crippen LogP contribution is -2.46. The Morgan fingerprint density at radius 2 is 2.00 bits per heavy atom. The largest absolute Gasteiger partial charge is 0.486 e. The highest BCUT2D eigenvalue weighted by molar-refractivity contribution is 6.05. The van der Waals surface area contributed by atoms with Gasteiger partial charge in [0, 0.05) is 43.9 Å². The van der Waals surface area contributed by atoms with Gasteiger partial charge in [0.1, 0.15) is 11.4 Å². The molecule has 1 fully saturated rings. The van der Waals surface area contributed by atoms with Crippen LogP contribution in [0.2, 0.25) is 0 Å². The third-order valence-electron chi connectivity index (χ3n) is 7.07. The highest BCUT2D eigenvalue weighted by Crippen LogP contribution is 2.50. The summed E-state index contributed by atoms with van der Waals surface area (Å²) in [6, 6.07) is 8.39. The number of carbonyl (C=O) groups is 2. The summed E-state index contributed by atoms with van der Waals surface area (Å²) in [6.07, 6.45) is -0.252. The summed E-state index contributed by atoms with van der Waals surface area (Å²) >= 11 is 0. The lowest BCUT2D eigenvalue weighted by molar-refractivity contribution is -0.138. The van der Waals surface area contributed by atoms with E-state index in [4.69, 9.17) is 4.74 Å². The van der Waals surface area contributed by atoms with Gasteiger partial charge < -0.3 is 20.1 Å². The van der Waals surface area contributed by atoms with E-state index in [9.17, 15) is 27.9 Å². The van der Waals surface area contributed by atoms with Gasteiger partial charge in [-0.3, -0.25) is 9.69 Å². The van der Waals surface area contributed by atoms with Crippen LogP contribution in [0.15, 0.2) is 42.5 Å². The molecule has 2 aromatic carbocycles. The second-order valence-corrected chi connectivity index (χ2v) is 9.51. The first-order chi connectivity index (χ1) is 17.1. The number of nitrogens with one attached hydrogen (secondary N) is 1. The van der Waals surface area contributed by atoms with E-state index in [-0.39, 0.29) is 24.9 Å². The van der Waals surface area contributed by atoms with Crippen LogP contribution in [-0.2, 0) is 17.5 Å². The highest BCUT2D eigenvalue weighted by Gasteiger charge is 2.44. The summed E-state index contributed by atoms with van der Waals surface area (Å²) in [5.41, 5.74) is 1.79. The van der Waals surface area contributed by atoms with E-state index in [0.29, 0.717) is 35.5 Å². The lowest BCUT2D eigenvalue weighted by Gasteiger charge is -2.46. The van der Waals surface area contributed by atoms with Crippen LogP contribution in [0.5, 0.6) is 5.75 Å². The molecule has 2 N–H and O–H groups in total. The first-order valence-electron chi connectivity index (χ1n) is 11.8. The molecule has 1 saturated carbocycles. The zero-order chi connectivity index (χ0) is 25.7. The Balaban J connectivity index is 1.40. The number of ether oxygens (including phenoxy) is 1. The number of aliphatic hydroxyl groups excluding tert-OH is 1. The van der Waals surface area contributed by atoms with E-state index in [1.807, 2.05) is 6.07 Å². The maximum atomic E-state index is 13.3. The van der Waals surface area contributed by atoms with Crippen molar-refractivity contribution in [3.05, 3.63) is 59.2 Å². The van der Waals surface area contributed by atoms with E-state index in [1.54, 1.807) is 19.2 Å². The SMILES string of the molecule is CN1C(=O)N(CCO)Cc2ccc(NC(=O)C=C3CC4(CCC4)Oc4cc(C(F)(F)F)ccc43)cc21. The van der Waals surface area contributed by atoms with Gasteiger partial charge in [-0.25, -0.2) is 4.79 Å². The van der Waals surface area contributed by atoms with Crippen molar-refractivity contribution in [3.63, 3.8) is 0 Å². The van der Waals surface area contributed by atoms with Crippen LogP contribution < -0.4 is 15.0 Å². The third kappa shape index (κ3) is 4.41. The molecule has 0 bridgehead atoms. The predicted octanol–water partition coefficient (Wildman–Crippen LogP) is 4.80. The molecular formula is C26H26F3N3O4. The van der Waals surface area contributed by atoms with Gasteiger partial charge in [-0.2, -0.15) is 13.2 Å². The van der Waals surface area contributed by atoms with Gasteiger partial charge in [-0.05, 0) is 54.7 Å². The molecule has 0 atom stereocenters. The van der Waals surface area contributed by atoms with Crippen molar-refractivity contribution in [2.24, 2.45) is 0 Å². The molecule has 190 valence electrons. The number of amides is 3. The van der Waals surface area contributed by atoms with E-state index in [2.05, 4.69) is 5.32 Å². The second kappa shape index (κ2) is 8.85. The van der Waals surface area contributed by atoms with Gasteiger partial charge in [-0.1, -0.05) is 12.1 Å². The van der Waals surface area contributed by atoms with Crippen LogP contribution in [0.4, 0.5) is 29.3 Å². The van der Waals surface area contributed by atoms with Crippen molar-refractivity contribution < 1.29 is 32.6 Å². The molecule has 36 heavy (non-hydrogen) atoms. The molecule has 1 spiro atoms. The molecule has 2 aliphatic heterocycles. The average molecular weight is 502 g/mol. The normalized spacial score (nSPS) is 19.5. The molecule has 2 heterocycles. The van der Waals surface area contributed by atoms with E-state index >= 15 is 0 Å². The standard InChI is InChI=1S/C26H26F3N3O4/c1-31-21-13-19(5-3-16(21)15-32(9-10-33)24(31)35)30-23(34)11-17-14-25(7-2-8-25)36-22-12-18(26(27,28)29)4-6-20(17)22/h3-6,11-13,33H,2,7-10,14-15H2,1H3,(H,30,34). The number of rotatable bonds is 4. The lowest BCUT2D eigenvalue weighted by atomic mass is 9.72. The molecule has 5 rings (SSSR count). The van der Waals surface area contributed by atoms with Crippen LogP contribution in [0.25, 0.3) is 5.57 Å². The van der Waals surface area contributed by atoms with Crippen LogP contribution in [0.3, 0.4) is 0 Å². The summed E-state index contributed by atoms with van der Waals surface area (Å²) in [5, 5.41) is 12.0. The van der Waals surface area contributed by atoms with Crippen molar-refractivity contribution in [3.8, 4) is 5.75 Å². The van der Waals surface area contributed by atoms with Gasteiger partial charge in [0.25, 0.3) is 0 Å². The quantitative estimate of drug-likeness (QED) is 0.590. The minimum atomic E-state index is -4.49. The summed E-state index contributed by atoms with van der Waals surface area (Å²) in [6.45, 7) is 0.451. The van der Waals surface area contributed by atoms with E-state index < -0.39 is 23.2 Å². The number of fused-ring (bicyclic) bond motifs is 2. The number of benzene rings is 2. The Bertz CT molecular complexity index is 1250. The van der Waals surface area contributed by atoms with Crippen molar-refractivity contribution in [1.82, 2.24) is 4.90 Å². The van der Waals surface area contributed by atoms with Gasteiger partial charge in [-0.15, -0.1) is 0 Å². The van der Waals surface area contributed by atoms with Crippen LogP contribution in [-0.4, -0.2) is 47.7 Å². The Morgan fingerprint density at radius 1 is 1.22 bits per heavy atom. The number of nitrogens with zero attached hydrogens (tertiary/aromatic N) is 2. The molecule has 7 nitrogen and oxygen atoms in total. The number of hydrogen-bond acceptors (Lipinski definition) is 4. The fourth-order valence-corrected chi connectivity index (χ4v) is 5.05. The molecular weight excluding hydrogens is 475 g/mol. The van der Waals surface area contributed by atoms with Crippen molar-refractivity contribution in [1.29, 1.82) is 0 Å². The molecule has 1 aliphatic carbocycles. The van der Waals surface area contributed by atoms with E-state index in [1.165, 1.54) is 21.9 Å². The maximum absolute atomic E-state index is 13.3. The number of β-amino-alcohol motifs (C(OH)–C–C–N with tert-alkyl or cyclic N) is 1. The number of aliphatic hydroxyl groups is 1. The summed E-state index contributed by atoms with van der Waals surface area (Å²) in [4.78, 5) is 28.5. The predicted molar refractivity (Wildman–Crippen MR) is 128 cm³/mol. The summed E-state index contributed by atoms with van der Waals surface area (Å²) in [7, 11) is 1.63. The first-order valence-corrected chi connectivity index (χ1v) is 11.8. The number of anilines is 2. The van der Waals surface area contributed by atoms with Crippen LogP contribution in [0.1, 0.15) is 42.4 Å². The van der Waals surface area contributed by atoms with Crippen molar-refractivity contribution in [2.45, 2.75) is 44.0 Å². The van der Waals surface area contributed by atoms with Gasteiger partial charge in [0.05, 0.1) is 17.9 Å². The molecule has 0 saturated heterocycles. The Hall–Kier alpha value is -3.53. The molecule has 10 heteroatoms. The highest BCUT2D eigenvalue weighted by atomic mass is 19.4. The molecule has 0 aromatic heterocycles. The average Bonchev–Trinajstić information content (AvgIpc) is 2.81. The molecule has 0 radical (unpaired) electrons. The molecule has 0 unspecified atom stereocenters. The van der Waals surface area contributed by atoms with Crippen molar-refractivity contribution in [2.75, 3.05) is 30.4 Å². The van der Waals surface area contributed by atoms with Gasteiger partial charge in [0.2, 0.25) is 5.91 Å². The van der Waals surface area contributed by atoms with Crippen molar-refractivity contribution >= 4 is 28.9 Å². The zero-order valence-electron chi connectivity index (χ0n) is 19.7. The second-order valence-electron chi connectivity index (χ2n) is 9.51. The topological polar surface area (TPSA) is 82.1 Å². The Morgan fingerprint density at radius 3 is 2.67 bits per heavy atom. The number of alkyl halides is 3. The first kappa shape index (κ1) is 24.2. The Labute approximate surface area is 206 Å². The zero-order valence-corrected chi connectivity index (χ0v) is 19.7. The third-order valence-corrected chi connectivity index (χ3v) is 7.07. The number of carbonyl (C=O) groups excluding carboxylic acids is 2. The van der Waals surface area contributed by atoms with Crippen LogP contribution in [0, 0.1) is 0 Å². The summed E-state index contributed by atoms with van der Waals surface area (Å²) in [5.74, 6) is -0.268. The van der Waals surface area contributed by atoms with Gasteiger partial charge >= 0.3 is 12.2 Å². The minimum Gasteiger partial charge on any atom is -0.486 e. The van der Waals surface area contributed by atoms with Gasteiger partial charge in [0.15, 0.2) is 0 Å². The van der Waals surface area contributed by atoms with E-state index in [0.717, 1.165) is 37.0 Å². The molecule has 3 amide bonds. The van der Waals surface area contributed by atoms with Crippen LogP contribution >= 0.6 is 0 Å². The smallest absolute Gasteiger partial charge is 0.416 e.